The van der Waals surface area contributed by atoms with Crippen molar-refractivity contribution in [2.24, 2.45) is 0 Å². The minimum Gasteiger partial charge on any atom is -0.481 e. The van der Waals surface area contributed by atoms with E-state index in [1.807, 2.05) is 48.1 Å². The number of nitrogens with one attached hydrogen (secondary N) is 1. The van der Waals surface area contributed by atoms with Crippen LogP contribution in [0, 0.1) is 5.82 Å². The first-order chi connectivity index (χ1) is 16.8. The lowest BCUT2D eigenvalue weighted by atomic mass is 10.2. The van der Waals surface area contributed by atoms with Crippen LogP contribution in [0.3, 0.4) is 0 Å². The van der Waals surface area contributed by atoms with Gasteiger partial charge in [0.05, 0.1) is 16.5 Å². The SMILES string of the molecule is CCn1c(SCC(=O)Nc2nc(-c3ccc(Br)cc3)cs2)nnc1C(C)Oc1ccc(F)cc1Cl. The first kappa shape index (κ1) is 25.6. The van der Waals surface area contributed by atoms with Gasteiger partial charge in [-0.1, -0.05) is 51.4 Å². The zero-order chi connectivity index (χ0) is 24.9. The topological polar surface area (TPSA) is 81.9 Å². The fraction of sp³-hybridized carbons (Fsp3) is 0.217. The van der Waals surface area contributed by atoms with Gasteiger partial charge in [0.15, 0.2) is 22.2 Å². The molecule has 0 aliphatic carbocycles. The Hall–Kier alpha value is -2.47. The molecule has 0 bridgehead atoms. The molecule has 1 unspecified atom stereocenters. The van der Waals surface area contributed by atoms with Crippen molar-refractivity contribution in [2.75, 3.05) is 11.1 Å². The van der Waals surface area contributed by atoms with Gasteiger partial charge in [-0.2, -0.15) is 0 Å². The zero-order valence-electron chi connectivity index (χ0n) is 18.7. The summed E-state index contributed by atoms with van der Waals surface area (Å²) in [5, 5.41) is 14.5. The first-order valence-electron chi connectivity index (χ1n) is 10.5. The van der Waals surface area contributed by atoms with Gasteiger partial charge >= 0.3 is 0 Å². The molecule has 2 aromatic carbocycles. The standard InChI is InChI=1S/C23H20BrClFN5O2S2/c1-3-31-21(13(2)33-19-9-8-16(26)10-17(19)25)29-30-23(31)35-12-20(32)28-22-27-18(11-34-22)14-4-6-15(24)7-5-14/h4-11,13H,3,12H2,1-2H3,(H,27,28,32). The number of rotatable bonds is 9. The minimum atomic E-state index is -0.485. The maximum atomic E-state index is 13.3. The first-order valence-corrected chi connectivity index (χ1v) is 13.6. The number of thioether (sulfide) groups is 1. The number of benzene rings is 2. The summed E-state index contributed by atoms with van der Waals surface area (Å²) in [4.78, 5) is 17.0. The van der Waals surface area contributed by atoms with Crippen molar-refractivity contribution in [3.05, 3.63) is 69.0 Å². The van der Waals surface area contributed by atoms with Crippen LogP contribution in [0.15, 0.2) is 57.5 Å². The molecule has 0 radical (unpaired) electrons. The third-order valence-electron chi connectivity index (χ3n) is 4.85. The third-order valence-corrected chi connectivity index (χ3v) is 7.39. The summed E-state index contributed by atoms with van der Waals surface area (Å²) in [6.07, 6.45) is -0.485. The van der Waals surface area contributed by atoms with Crippen molar-refractivity contribution in [3.63, 3.8) is 0 Å². The minimum absolute atomic E-state index is 0.143. The molecule has 35 heavy (non-hydrogen) atoms. The van der Waals surface area contributed by atoms with Crippen molar-refractivity contribution >= 4 is 61.7 Å². The summed E-state index contributed by atoms with van der Waals surface area (Å²) in [6.45, 7) is 4.34. The van der Waals surface area contributed by atoms with Crippen molar-refractivity contribution in [2.45, 2.75) is 31.7 Å². The molecule has 0 spiro atoms. The van der Waals surface area contributed by atoms with Crippen LogP contribution < -0.4 is 10.1 Å². The van der Waals surface area contributed by atoms with Crippen molar-refractivity contribution in [1.29, 1.82) is 0 Å². The Labute approximate surface area is 223 Å². The van der Waals surface area contributed by atoms with E-state index in [0.29, 0.717) is 28.4 Å². The van der Waals surface area contributed by atoms with E-state index < -0.39 is 11.9 Å². The number of hydrogen-bond donors (Lipinski definition) is 1. The Morgan fingerprint density at radius 2 is 2.06 bits per heavy atom. The average Bonchev–Trinajstić information content (AvgIpc) is 3.47. The van der Waals surface area contributed by atoms with E-state index in [-0.39, 0.29) is 16.7 Å². The van der Waals surface area contributed by atoms with Gasteiger partial charge in [-0.25, -0.2) is 9.37 Å². The maximum absolute atomic E-state index is 13.3. The monoisotopic (exact) mass is 595 g/mol. The number of amides is 1. The van der Waals surface area contributed by atoms with E-state index in [9.17, 15) is 9.18 Å². The van der Waals surface area contributed by atoms with Crippen LogP contribution in [0.5, 0.6) is 5.75 Å². The number of anilines is 1. The third kappa shape index (κ3) is 6.40. The molecule has 4 aromatic rings. The fourth-order valence-corrected chi connectivity index (χ4v) is 5.21. The highest BCUT2D eigenvalue weighted by molar-refractivity contribution is 9.10. The summed E-state index contributed by atoms with van der Waals surface area (Å²) in [5.74, 6) is 0.442. The van der Waals surface area contributed by atoms with E-state index in [1.54, 1.807) is 0 Å². The van der Waals surface area contributed by atoms with E-state index >= 15 is 0 Å². The Morgan fingerprint density at radius 1 is 1.29 bits per heavy atom. The molecule has 0 saturated heterocycles. The van der Waals surface area contributed by atoms with Crippen LogP contribution in [-0.2, 0) is 11.3 Å². The van der Waals surface area contributed by atoms with Crippen molar-refractivity contribution in [1.82, 2.24) is 19.7 Å². The van der Waals surface area contributed by atoms with Gasteiger partial charge in [-0.3, -0.25) is 4.79 Å². The summed E-state index contributed by atoms with van der Waals surface area (Å²) < 4.78 is 22.0. The molecule has 7 nitrogen and oxygen atoms in total. The van der Waals surface area contributed by atoms with E-state index in [1.165, 1.54) is 41.3 Å². The molecule has 1 atom stereocenters. The summed E-state index contributed by atoms with van der Waals surface area (Å²) in [7, 11) is 0. The number of halogens is 3. The number of aromatic nitrogens is 4. The van der Waals surface area contributed by atoms with Crippen molar-refractivity contribution < 1.29 is 13.9 Å². The highest BCUT2D eigenvalue weighted by Gasteiger charge is 2.20. The molecular weight excluding hydrogens is 577 g/mol. The second kappa shape index (κ2) is 11.5. The molecule has 0 saturated carbocycles. The lowest BCUT2D eigenvalue weighted by molar-refractivity contribution is -0.113. The zero-order valence-corrected chi connectivity index (χ0v) is 22.6. The number of carbonyl (C=O) groups excluding carboxylic acids is 1. The van der Waals surface area contributed by atoms with Gasteiger partial charge in [0.2, 0.25) is 5.91 Å². The lowest BCUT2D eigenvalue weighted by Gasteiger charge is -2.16. The molecule has 4 rings (SSSR count). The molecule has 0 aliphatic heterocycles. The van der Waals surface area contributed by atoms with Gasteiger partial charge in [-0.15, -0.1) is 21.5 Å². The highest BCUT2D eigenvalue weighted by Crippen LogP contribution is 2.31. The Morgan fingerprint density at radius 3 is 2.77 bits per heavy atom. The second-order valence-electron chi connectivity index (χ2n) is 7.30. The molecule has 0 fully saturated rings. The molecule has 1 amide bonds. The Bertz CT molecular complexity index is 1330. The van der Waals surface area contributed by atoms with Gasteiger partial charge in [0.1, 0.15) is 11.6 Å². The predicted octanol–water partition coefficient (Wildman–Crippen LogP) is 6.85. The van der Waals surface area contributed by atoms with Gasteiger partial charge < -0.3 is 14.6 Å². The van der Waals surface area contributed by atoms with Crippen LogP contribution in [0.1, 0.15) is 25.8 Å². The molecular formula is C23H20BrClFN5O2S2. The summed E-state index contributed by atoms with van der Waals surface area (Å²) in [5.41, 5.74) is 1.78. The number of thiazole rings is 1. The van der Waals surface area contributed by atoms with Crippen molar-refractivity contribution in [3.8, 4) is 17.0 Å². The predicted molar refractivity (Wildman–Crippen MR) is 141 cm³/mol. The number of ether oxygens (including phenoxy) is 1. The summed E-state index contributed by atoms with van der Waals surface area (Å²) >= 11 is 12.1. The lowest BCUT2D eigenvalue weighted by Crippen LogP contribution is -2.15. The summed E-state index contributed by atoms with van der Waals surface area (Å²) in [6, 6.07) is 11.8. The van der Waals surface area contributed by atoms with Crippen LogP contribution in [0.25, 0.3) is 11.3 Å². The molecule has 2 aromatic heterocycles. The van der Waals surface area contributed by atoms with Crippen LogP contribution in [0.2, 0.25) is 5.02 Å². The molecule has 0 aliphatic rings. The van der Waals surface area contributed by atoms with Gasteiger partial charge in [0, 0.05) is 22.0 Å². The van der Waals surface area contributed by atoms with E-state index in [0.717, 1.165) is 15.7 Å². The fourth-order valence-electron chi connectivity index (χ4n) is 3.19. The number of carbonyl (C=O) groups is 1. The maximum Gasteiger partial charge on any atom is 0.236 e. The smallest absolute Gasteiger partial charge is 0.236 e. The molecule has 1 N–H and O–H groups in total. The number of hydrogen-bond acceptors (Lipinski definition) is 7. The average molecular weight is 597 g/mol. The van der Waals surface area contributed by atoms with Crippen LogP contribution in [0.4, 0.5) is 9.52 Å². The Balaban J connectivity index is 1.36. The molecule has 182 valence electrons. The van der Waals surface area contributed by atoms with Crippen LogP contribution >= 0.6 is 50.6 Å². The van der Waals surface area contributed by atoms with E-state index in [2.05, 4.69) is 36.4 Å². The van der Waals surface area contributed by atoms with Crippen LogP contribution in [-0.4, -0.2) is 31.4 Å². The quantitative estimate of drug-likeness (QED) is 0.213. The molecule has 2 heterocycles. The number of nitrogens with zero attached hydrogens (tertiary/aromatic N) is 4. The normalized spacial score (nSPS) is 11.9. The molecule has 12 heteroatoms. The Kier molecular flexibility index (Phi) is 8.42. The van der Waals surface area contributed by atoms with Gasteiger partial charge in [-0.05, 0) is 44.2 Å². The highest BCUT2D eigenvalue weighted by atomic mass is 79.9. The largest absolute Gasteiger partial charge is 0.481 e. The second-order valence-corrected chi connectivity index (χ2v) is 10.4. The van der Waals surface area contributed by atoms with Gasteiger partial charge in [0.25, 0.3) is 0 Å². The van der Waals surface area contributed by atoms with E-state index in [4.69, 9.17) is 16.3 Å².